The molecule has 1 amide bonds. The van der Waals surface area contributed by atoms with Crippen molar-refractivity contribution >= 4 is 16.9 Å². The van der Waals surface area contributed by atoms with E-state index in [-0.39, 0.29) is 29.9 Å². The van der Waals surface area contributed by atoms with Crippen molar-refractivity contribution in [1.29, 1.82) is 0 Å². The third kappa shape index (κ3) is 3.97. The van der Waals surface area contributed by atoms with Crippen molar-refractivity contribution < 1.29 is 23.8 Å². The van der Waals surface area contributed by atoms with Gasteiger partial charge in [-0.1, -0.05) is 26.0 Å². The summed E-state index contributed by atoms with van der Waals surface area (Å²) in [5.74, 6) is 1.05. The Morgan fingerprint density at radius 2 is 1.88 bits per heavy atom. The van der Waals surface area contributed by atoms with E-state index < -0.39 is 11.9 Å². The fourth-order valence-electron chi connectivity index (χ4n) is 4.39. The predicted molar refractivity (Wildman–Crippen MR) is 125 cm³/mol. The molecule has 1 aliphatic rings. The number of aliphatic hydroxyl groups is 1. The number of aliphatic hydroxyl groups excluding tert-OH is 1. The standard InChI is InChI=1S/C26H29NO6/c1-14(2)13-32-19-7-6-17(12-20(19)31-5)22-21-23(29)18-11-15(3)10-16(4)24(18)33-25(21)26(30)27(22)8-9-28/h6-7,10-12,14,22,28H,8-9,13H2,1-5H3. The molecule has 174 valence electrons. The van der Waals surface area contributed by atoms with E-state index in [1.54, 1.807) is 25.3 Å². The van der Waals surface area contributed by atoms with Crippen LogP contribution in [-0.4, -0.2) is 42.8 Å². The zero-order valence-electron chi connectivity index (χ0n) is 19.6. The fraction of sp³-hybridized carbons (Fsp3) is 0.385. The molecular weight excluding hydrogens is 422 g/mol. The number of hydrogen-bond donors (Lipinski definition) is 1. The summed E-state index contributed by atoms with van der Waals surface area (Å²) in [6.07, 6.45) is 0. The van der Waals surface area contributed by atoms with Crippen LogP contribution in [0.15, 0.2) is 39.5 Å². The molecular formula is C26H29NO6. The minimum absolute atomic E-state index is 0.0250. The average molecular weight is 452 g/mol. The first-order chi connectivity index (χ1) is 15.8. The SMILES string of the molecule is COc1cc(C2c3c(oc4c(C)cc(C)cc4c3=O)C(=O)N2CCO)ccc1OCC(C)C. The molecule has 1 N–H and O–H groups in total. The summed E-state index contributed by atoms with van der Waals surface area (Å²) in [4.78, 5) is 28.4. The summed E-state index contributed by atoms with van der Waals surface area (Å²) < 4.78 is 17.4. The average Bonchev–Trinajstić information content (AvgIpc) is 3.05. The molecule has 33 heavy (non-hydrogen) atoms. The lowest BCUT2D eigenvalue weighted by atomic mass is 9.97. The van der Waals surface area contributed by atoms with Crippen LogP contribution in [0.25, 0.3) is 11.0 Å². The number of carbonyl (C=O) groups excluding carboxylic acids is 1. The number of aryl methyl sites for hydroxylation is 2. The molecule has 0 saturated carbocycles. The lowest BCUT2D eigenvalue weighted by Crippen LogP contribution is -2.32. The van der Waals surface area contributed by atoms with Crippen LogP contribution >= 0.6 is 0 Å². The van der Waals surface area contributed by atoms with E-state index >= 15 is 0 Å². The van der Waals surface area contributed by atoms with Crippen molar-refractivity contribution in [3.63, 3.8) is 0 Å². The molecule has 0 fully saturated rings. The molecule has 0 radical (unpaired) electrons. The van der Waals surface area contributed by atoms with E-state index in [0.29, 0.717) is 40.6 Å². The Morgan fingerprint density at radius 1 is 1.12 bits per heavy atom. The van der Waals surface area contributed by atoms with Crippen molar-refractivity contribution in [2.24, 2.45) is 5.92 Å². The molecule has 2 heterocycles. The number of carbonyl (C=O) groups is 1. The van der Waals surface area contributed by atoms with Gasteiger partial charge in [0.15, 0.2) is 16.9 Å². The molecule has 4 rings (SSSR count). The second-order valence-corrected chi connectivity index (χ2v) is 8.87. The first-order valence-electron chi connectivity index (χ1n) is 11.1. The molecule has 7 nitrogen and oxygen atoms in total. The molecule has 7 heteroatoms. The maximum absolute atomic E-state index is 13.6. The molecule has 1 aromatic heterocycles. The highest BCUT2D eigenvalue weighted by Crippen LogP contribution is 2.41. The van der Waals surface area contributed by atoms with Gasteiger partial charge in [-0.15, -0.1) is 0 Å². The molecule has 0 aliphatic carbocycles. The van der Waals surface area contributed by atoms with E-state index in [2.05, 4.69) is 13.8 Å². The summed E-state index contributed by atoms with van der Waals surface area (Å²) in [5, 5.41) is 10.1. The topological polar surface area (TPSA) is 89.2 Å². The third-order valence-corrected chi connectivity index (χ3v) is 5.81. The Labute approximate surface area is 192 Å². The van der Waals surface area contributed by atoms with Gasteiger partial charge in [-0.3, -0.25) is 9.59 Å². The molecule has 1 unspecified atom stereocenters. The zero-order valence-corrected chi connectivity index (χ0v) is 19.6. The van der Waals surface area contributed by atoms with Crippen molar-refractivity contribution in [2.75, 3.05) is 26.9 Å². The highest BCUT2D eigenvalue weighted by molar-refractivity contribution is 5.99. The Kier molecular flexibility index (Phi) is 6.17. The van der Waals surface area contributed by atoms with Crippen LogP contribution in [0.1, 0.15) is 52.7 Å². The number of fused-ring (bicyclic) bond motifs is 2. The second kappa shape index (κ2) is 8.90. The molecule has 1 aliphatic heterocycles. The number of hydrogen-bond acceptors (Lipinski definition) is 6. The van der Waals surface area contributed by atoms with Gasteiger partial charge in [-0.2, -0.15) is 0 Å². The van der Waals surface area contributed by atoms with Crippen molar-refractivity contribution in [2.45, 2.75) is 33.7 Å². The van der Waals surface area contributed by atoms with Gasteiger partial charge in [0, 0.05) is 6.54 Å². The first kappa shape index (κ1) is 22.9. The number of rotatable bonds is 7. The van der Waals surface area contributed by atoms with E-state index in [9.17, 15) is 14.7 Å². The quantitative estimate of drug-likeness (QED) is 0.584. The summed E-state index contributed by atoms with van der Waals surface area (Å²) in [5.41, 5.74) is 2.87. The van der Waals surface area contributed by atoms with Crippen LogP contribution in [0.5, 0.6) is 11.5 Å². The Hall–Kier alpha value is -3.32. The number of nitrogens with zero attached hydrogens (tertiary/aromatic N) is 1. The van der Waals surface area contributed by atoms with E-state index in [1.807, 2.05) is 26.0 Å². The normalized spacial score (nSPS) is 15.4. The summed E-state index contributed by atoms with van der Waals surface area (Å²) in [6, 6.07) is 8.38. The lowest BCUT2D eigenvalue weighted by Gasteiger charge is -2.25. The highest BCUT2D eigenvalue weighted by atomic mass is 16.5. The molecule has 0 saturated heterocycles. The summed E-state index contributed by atoms with van der Waals surface area (Å²) in [7, 11) is 1.55. The third-order valence-electron chi connectivity index (χ3n) is 5.81. The maximum Gasteiger partial charge on any atom is 0.290 e. The van der Waals surface area contributed by atoms with Gasteiger partial charge in [0.2, 0.25) is 5.76 Å². The van der Waals surface area contributed by atoms with Crippen LogP contribution in [0.4, 0.5) is 0 Å². The molecule has 0 spiro atoms. The predicted octanol–water partition coefficient (Wildman–Crippen LogP) is 3.99. The summed E-state index contributed by atoms with van der Waals surface area (Å²) >= 11 is 0. The monoisotopic (exact) mass is 451 g/mol. The van der Waals surface area contributed by atoms with Crippen molar-refractivity contribution in [3.8, 4) is 11.5 Å². The van der Waals surface area contributed by atoms with E-state index in [4.69, 9.17) is 13.9 Å². The van der Waals surface area contributed by atoms with Crippen LogP contribution in [0.2, 0.25) is 0 Å². The van der Waals surface area contributed by atoms with Crippen LogP contribution in [0, 0.1) is 19.8 Å². The van der Waals surface area contributed by atoms with E-state index in [1.165, 1.54) is 4.90 Å². The number of benzene rings is 2. The van der Waals surface area contributed by atoms with Crippen molar-refractivity contribution in [1.82, 2.24) is 4.90 Å². The highest BCUT2D eigenvalue weighted by Gasteiger charge is 2.42. The first-order valence-corrected chi connectivity index (χ1v) is 11.1. The Balaban J connectivity index is 1.91. The van der Waals surface area contributed by atoms with Gasteiger partial charge >= 0.3 is 0 Å². The molecule has 2 aromatic carbocycles. The number of ether oxygens (including phenoxy) is 2. The number of β-amino-alcohol motifs (C(OH)–C–C–N with tert-alkyl or cyclic N) is 1. The largest absolute Gasteiger partial charge is 0.493 e. The molecule has 0 bridgehead atoms. The van der Waals surface area contributed by atoms with Gasteiger partial charge in [-0.05, 0) is 54.7 Å². The number of amides is 1. The van der Waals surface area contributed by atoms with Gasteiger partial charge in [0.25, 0.3) is 5.91 Å². The lowest BCUT2D eigenvalue weighted by molar-refractivity contribution is 0.0691. The minimum atomic E-state index is -0.700. The van der Waals surface area contributed by atoms with Crippen LogP contribution in [-0.2, 0) is 0 Å². The molecule has 3 aromatic rings. The second-order valence-electron chi connectivity index (χ2n) is 8.87. The van der Waals surface area contributed by atoms with Gasteiger partial charge < -0.3 is 23.9 Å². The Bertz CT molecular complexity index is 1280. The van der Waals surface area contributed by atoms with Crippen LogP contribution < -0.4 is 14.9 Å². The fourth-order valence-corrected chi connectivity index (χ4v) is 4.39. The van der Waals surface area contributed by atoms with Crippen LogP contribution in [0.3, 0.4) is 0 Å². The van der Waals surface area contributed by atoms with Crippen molar-refractivity contribution in [3.05, 3.63) is 68.6 Å². The van der Waals surface area contributed by atoms with Gasteiger partial charge in [0.1, 0.15) is 5.58 Å². The number of methoxy groups -OCH3 is 1. The van der Waals surface area contributed by atoms with E-state index in [0.717, 1.165) is 11.1 Å². The maximum atomic E-state index is 13.6. The summed E-state index contributed by atoms with van der Waals surface area (Å²) in [6.45, 7) is 8.24. The minimum Gasteiger partial charge on any atom is -0.493 e. The Morgan fingerprint density at radius 3 is 2.55 bits per heavy atom. The smallest absolute Gasteiger partial charge is 0.290 e. The zero-order chi connectivity index (χ0) is 23.9. The van der Waals surface area contributed by atoms with Gasteiger partial charge in [0.05, 0.1) is 37.3 Å². The van der Waals surface area contributed by atoms with Gasteiger partial charge in [-0.25, -0.2) is 0 Å². The molecule has 1 atom stereocenters.